The van der Waals surface area contributed by atoms with Crippen molar-refractivity contribution >= 4 is 6.08 Å². The van der Waals surface area contributed by atoms with E-state index in [2.05, 4.69) is 0 Å². The first-order valence-corrected chi connectivity index (χ1v) is 4.99. The molecule has 1 unspecified atom stereocenters. The highest BCUT2D eigenvalue weighted by atomic mass is 16.3. The van der Waals surface area contributed by atoms with Gasteiger partial charge in [-0.3, -0.25) is 0 Å². The first-order valence-electron chi connectivity index (χ1n) is 4.99. The van der Waals surface area contributed by atoms with Gasteiger partial charge in [0.2, 0.25) is 0 Å². The highest BCUT2D eigenvalue weighted by Crippen LogP contribution is 2.39. The minimum Gasteiger partial charge on any atom is -0.512 e. The van der Waals surface area contributed by atoms with Crippen LogP contribution in [0.2, 0.25) is 0 Å². The molecule has 1 aliphatic carbocycles. The van der Waals surface area contributed by atoms with Gasteiger partial charge in [0.25, 0.3) is 0 Å². The fourth-order valence-corrected chi connectivity index (χ4v) is 2.10. The van der Waals surface area contributed by atoms with E-state index in [0.717, 1.165) is 11.1 Å². The molecule has 0 heterocycles. The minimum atomic E-state index is -0.329. The van der Waals surface area contributed by atoms with E-state index in [0.29, 0.717) is 0 Å². The van der Waals surface area contributed by atoms with Crippen molar-refractivity contribution in [2.45, 2.75) is 5.92 Å². The predicted molar refractivity (Wildman–Crippen MR) is 57.5 cm³/mol. The van der Waals surface area contributed by atoms with Gasteiger partial charge in [-0.25, -0.2) is 0 Å². The van der Waals surface area contributed by atoms with E-state index in [1.54, 1.807) is 6.08 Å². The fourth-order valence-electron chi connectivity index (χ4n) is 2.10. The van der Waals surface area contributed by atoms with Crippen LogP contribution in [-0.4, -0.2) is 28.5 Å². The van der Waals surface area contributed by atoms with Gasteiger partial charge in [0.1, 0.15) is 5.76 Å². The molecule has 3 N–H and O–H groups in total. The van der Waals surface area contributed by atoms with Gasteiger partial charge < -0.3 is 15.3 Å². The zero-order valence-electron chi connectivity index (χ0n) is 8.30. The SMILES string of the molecule is OCC(CO)C1C(O)=Cc2ccccc21. The Hall–Kier alpha value is -1.32. The normalized spacial score (nSPS) is 19.1. The molecule has 0 bridgehead atoms. The van der Waals surface area contributed by atoms with Crippen molar-refractivity contribution in [1.82, 2.24) is 0 Å². The van der Waals surface area contributed by atoms with Gasteiger partial charge in [0.15, 0.2) is 0 Å². The number of benzene rings is 1. The molecule has 1 aliphatic rings. The largest absolute Gasteiger partial charge is 0.512 e. The maximum absolute atomic E-state index is 9.78. The number of fused-ring (bicyclic) bond motifs is 1. The van der Waals surface area contributed by atoms with Gasteiger partial charge in [-0.15, -0.1) is 0 Å². The summed E-state index contributed by atoms with van der Waals surface area (Å²) in [5.41, 5.74) is 1.94. The fraction of sp³-hybridized carbons (Fsp3) is 0.333. The Bertz CT molecular complexity index is 380. The topological polar surface area (TPSA) is 60.7 Å². The maximum Gasteiger partial charge on any atom is 0.101 e. The summed E-state index contributed by atoms with van der Waals surface area (Å²) in [6.07, 6.45) is 1.69. The molecule has 0 radical (unpaired) electrons. The van der Waals surface area contributed by atoms with E-state index in [1.807, 2.05) is 24.3 Å². The Morgan fingerprint density at radius 3 is 2.47 bits per heavy atom. The number of rotatable bonds is 3. The lowest BCUT2D eigenvalue weighted by Crippen LogP contribution is -2.20. The predicted octanol–water partition coefficient (Wildman–Crippen LogP) is 1.28. The second-order valence-electron chi connectivity index (χ2n) is 3.80. The molecule has 80 valence electrons. The summed E-state index contributed by atoms with van der Waals surface area (Å²) in [5, 5.41) is 28.0. The van der Waals surface area contributed by atoms with E-state index in [9.17, 15) is 5.11 Å². The van der Waals surface area contributed by atoms with Gasteiger partial charge in [-0.05, 0) is 17.2 Å². The zero-order valence-corrected chi connectivity index (χ0v) is 8.30. The molecule has 0 fully saturated rings. The molecule has 0 spiro atoms. The van der Waals surface area contributed by atoms with Crippen molar-refractivity contribution in [3.8, 4) is 0 Å². The van der Waals surface area contributed by atoms with Crippen molar-refractivity contribution in [3.05, 3.63) is 41.2 Å². The van der Waals surface area contributed by atoms with Crippen LogP contribution in [0.3, 0.4) is 0 Å². The molecule has 0 aliphatic heterocycles. The lowest BCUT2D eigenvalue weighted by molar-refractivity contribution is 0.127. The molecular weight excluding hydrogens is 192 g/mol. The van der Waals surface area contributed by atoms with Crippen LogP contribution in [0.15, 0.2) is 30.0 Å². The molecule has 2 rings (SSSR count). The van der Waals surface area contributed by atoms with Crippen LogP contribution in [0.4, 0.5) is 0 Å². The van der Waals surface area contributed by atoms with Crippen LogP contribution in [0.1, 0.15) is 17.0 Å². The molecule has 1 aromatic rings. The second-order valence-corrected chi connectivity index (χ2v) is 3.80. The highest BCUT2D eigenvalue weighted by Gasteiger charge is 2.31. The van der Waals surface area contributed by atoms with Crippen LogP contribution in [0, 0.1) is 5.92 Å². The van der Waals surface area contributed by atoms with Crippen molar-refractivity contribution < 1.29 is 15.3 Å². The summed E-state index contributed by atoms with van der Waals surface area (Å²) in [6.45, 7) is -0.263. The van der Waals surface area contributed by atoms with Gasteiger partial charge in [0, 0.05) is 25.0 Å². The van der Waals surface area contributed by atoms with E-state index >= 15 is 0 Å². The molecule has 15 heavy (non-hydrogen) atoms. The lowest BCUT2D eigenvalue weighted by atomic mass is 9.88. The minimum absolute atomic E-state index is 0.132. The van der Waals surface area contributed by atoms with Gasteiger partial charge >= 0.3 is 0 Å². The smallest absolute Gasteiger partial charge is 0.101 e. The van der Waals surface area contributed by atoms with Crippen LogP contribution >= 0.6 is 0 Å². The molecule has 1 atom stereocenters. The Morgan fingerprint density at radius 1 is 1.13 bits per heavy atom. The first kappa shape index (κ1) is 10.2. The number of hydrogen-bond acceptors (Lipinski definition) is 3. The third-order valence-electron chi connectivity index (χ3n) is 2.89. The third-order valence-corrected chi connectivity index (χ3v) is 2.89. The van der Waals surface area contributed by atoms with E-state index in [4.69, 9.17) is 10.2 Å². The van der Waals surface area contributed by atoms with Crippen LogP contribution in [-0.2, 0) is 0 Å². The van der Waals surface area contributed by atoms with Crippen molar-refractivity contribution in [2.24, 2.45) is 5.92 Å². The van der Waals surface area contributed by atoms with Crippen LogP contribution in [0.5, 0.6) is 0 Å². The van der Waals surface area contributed by atoms with E-state index < -0.39 is 0 Å². The number of aliphatic hydroxyl groups is 3. The molecule has 3 nitrogen and oxygen atoms in total. The van der Waals surface area contributed by atoms with E-state index in [1.165, 1.54) is 0 Å². The molecule has 0 aromatic heterocycles. The molecule has 1 aromatic carbocycles. The second kappa shape index (κ2) is 4.04. The summed E-state index contributed by atoms with van der Waals surface area (Å²) < 4.78 is 0. The van der Waals surface area contributed by atoms with Gasteiger partial charge in [-0.1, -0.05) is 24.3 Å². The van der Waals surface area contributed by atoms with Gasteiger partial charge in [0.05, 0.1) is 0 Å². The van der Waals surface area contributed by atoms with Crippen LogP contribution < -0.4 is 0 Å². The van der Waals surface area contributed by atoms with Crippen molar-refractivity contribution in [2.75, 3.05) is 13.2 Å². The lowest BCUT2D eigenvalue weighted by Gasteiger charge is -2.20. The number of allylic oxidation sites excluding steroid dienone is 1. The van der Waals surface area contributed by atoms with Crippen molar-refractivity contribution in [1.29, 1.82) is 0 Å². The molecule has 0 amide bonds. The van der Waals surface area contributed by atoms with E-state index in [-0.39, 0.29) is 30.8 Å². The summed E-state index contributed by atoms with van der Waals surface area (Å²) >= 11 is 0. The first-order chi connectivity index (χ1) is 7.27. The average molecular weight is 206 g/mol. The summed E-state index contributed by atoms with van der Waals surface area (Å²) in [5.74, 6) is -0.370. The van der Waals surface area contributed by atoms with Crippen molar-refractivity contribution in [3.63, 3.8) is 0 Å². The molecule has 0 saturated carbocycles. The summed E-state index contributed by atoms with van der Waals surface area (Å²) in [4.78, 5) is 0. The summed E-state index contributed by atoms with van der Waals surface area (Å²) in [7, 11) is 0. The standard InChI is InChI=1S/C12H14O3/c13-6-9(7-14)12-10-4-2-1-3-8(10)5-11(12)15/h1-5,9,12-15H,6-7H2. The zero-order chi connectivity index (χ0) is 10.8. The number of hydrogen-bond donors (Lipinski definition) is 3. The van der Waals surface area contributed by atoms with Crippen LogP contribution in [0.25, 0.3) is 6.08 Å². The molecule has 3 heteroatoms. The quantitative estimate of drug-likeness (QED) is 0.698. The Morgan fingerprint density at radius 2 is 1.80 bits per heavy atom. The summed E-state index contributed by atoms with van der Waals surface area (Å²) in [6, 6.07) is 7.62. The Balaban J connectivity index is 2.38. The third kappa shape index (κ3) is 1.64. The average Bonchev–Trinajstić information content (AvgIpc) is 2.58. The molecular formula is C12H14O3. The number of aliphatic hydroxyl groups excluding tert-OH is 3. The monoisotopic (exact) mass is 206 g/mol. The highest BCUT2D eigenvalue weighted by molar-refractivity contribution is 5.64. The Kier molecular flexibility index (Phi) is 2.75. The van der Waals surface area contributed by atoms with Gasteiger partial charge in [-0.2, -0.15) is 0 Å². The maximum atomic E-state index is 9.78. The molecule has 0 saturated heterocycles. The Labute approximate surface area is 88.3 Å².